The first kappa shape index (κ1) is 22.8. The number of piperazine rings is 1. The van der Waals surface area contributed by atoms with E-state index in [1.807, 2.05) is 0 Å². The number of hydrogen-bond acceptors (Lipinski definition) is 7. The number of carbonyl (C=O) groups is 1. The lowest BCUT2D eigenvalue weighted by atomic mass is 10.2. The Morgan fingerprint density at radius 3 is 2.63 bits per heavy atom. The molecule has 0 spiro atoms. The smallest absolute Gasteiger partial charge is 0.322 e. The van der Waals surface area contributed by atoms with Gasteiger partial charge in [-0.1, -0.05) is 35.0 Å². The summed E-state index contributed by atoms with van der Waals surface area (Å²) < 4.78 is 27.6. The monoisotopic (exact) mass is 491 g/mol. The summed E-state index contributed by atoms with van der Waals surface area (Å²) in [5, 5.41) is 23.9. The standard InChI is InChI=1S/C17H15Cl2N3O6S2/c18-10-1-3-12(19)15(7-10)29-14-4-2-11(22(25)26)8-16(14)30(27,28)21-6-5-20-13(9-21)17(23)24/h1-4,7-8,13,20H,5-6,9H2,(H,23,24). The van der Waals surface area contributed by atoms with Crippen molar-refractivity contribution < 1.29 is 23.2 Å². The molecule has 0 saturated carbocycles. The molecule has 0 radical (unpaired) electrons. The van der Waals surface area contributed by atoms with Gasteiger partial charge in [0.15, 0.2) is 0 Å². The molecule has 0 amide bonds. The fourth-order valence-corrected chi connectivity index (χ4v) is 6.16. The minimum atomic E-state index is -4.23. The topological polar surface area (TPSA) is 130 Å². The molecule has 0 bridgehead atoms. The predicted octanol–water partition coefficient (Wildman–Crippen LogP) is 3.10. The zero-order chi connectivity index (χ0) is 22.1. The van der Waals surface area contributed by atoms with Crippen LogP contribution >= 0.6 is 35.0 Å². The summed E-state index contributed by atoms with van der Waals surface area (Å²) in [4.78, 5) is 22.2. The summed E-state index contributed by atoms with van der Waals surface area (Å²) in [6.45, 7) is -0.146. The van der Waals surface area contributed by atoms with Crippen molar-refractivity contribution in [2.24, 2.45) is 0 Å². The number of sulfonamides is 1. The number of rotatable bonds is 6. The van der Waals surface area contributed by atoms with Crippen molar-refractivity contribution in [3.05, 3.63) is 56.6 Å². The first-order valence-corrected chi connectivity index (χ1v) is 11.5. The van der Waals surface area contributed by atoms with E-state index in [2.05, 4.69) is 5.32 Å². The number of hydrogen-bond donors (Lipinski definition) is 2. The van der Waals surface area contributed by atoms with Crippen molar-refractivity contribution >= 4 is 56.6 Å². The van der Waals surface area contributed by atoms with Gasteiger partial charge >= 0.3 is 5.97 Å². The first-order chi connectivity index (χ1) is 14.1. The Hall–Kier alpha value is -1.89. The molecule has 1 fully saturated rings. The van der Waals surface area contributed by atoms with Crippen LogP contribution in [0.3, 0.4) is 0 Å². The van der Waals surface area contributed by atoms with E-state index in [0.29, 0.717) is 14.9 Å². The zero-order valence-electron chi connectivity index (χ0n) is 15.1. The Labute approximate surface area is 186 Å². The van der Waals surface area contributed by atoms with Crippen molar-refractivity contribution in [2.45, 2.75) is 20.7 Å². The minimum absolute atomic E-state index is 0.0246. The van der Waals surface area contributed by atoms with E-state index in [4.69, 9.17) is 23.2 Å². The predicted molar refractivity (Wildman–Crippen MR) is 112 cm³/mol. The molecule has 2 N–H and O–H groups in total. The van der Waals surface area contributed by atoms with E-state index in [-0.39, 0.29) is 29.4 Å². The van der Waals surface area contributed by atoms with Gasteiger partial charge in [-0.25, -0.2) is 8.42 Å². The van der Waals surface area contributed by atoms with Gasteiger partial charge in [-0.05, 0) is 24.3 Å². The van der Waals surface area contributed by atoms with Crippen LogP contribution in [0.1, 0.15) is 0 Å². The van der Waals surface area contributed by atoms with Gasteiger partial charge in [0.1, 0.15) is 10.9 Å². The van der Waals surface area contributed by atoms with Crippen LogP contribution in [0.2, 0.25) is 10.0 Å². The first-order valence-electron chi connectivity index (χ1n) is 8.47. The Morgan fingerprint density at radius 1 is 1.23 bits per heavy atom. The van der Waals surface area contributed by atoms with Gasteiger partial charge in [-0.3, -0.25) is 14.9 Å². The molecular weight excluding hydrogens is 477 g/mol. The molecule has 2 aromatic rings. The highest BCUT2D eigenvalue weighted by atomic mass is 35.5. The Bertz CT molecular complexity index is 1110. The summed E-state index contributed by atoms with van der Waals surface area (Å²) in [5.41, 5.74) is -0.403. The van der Waals surface area contributed by atoms with Gasteiger partial charge in [0, 0.05) is 46.6 Å². The highest BCUT2D eigenvalue weighted by Gasteiger charge is 2.35. The number of nitro benzene ring substituents is 1. The molecule has 1 aliphatic rings. The molecule has 2 aromatic carbocycles. The number of halogens is 2. The van der Waals surface area contributed by atoms with Gasteiger partial charge in [0.05, 0.1) is 9.95 Å². The van der Waals surface area contributed by atoms with E-state index < -0.39 is 32.6 Å². The molecular formula is C17H15Cl2N3O6S2. The number of nitrogens with zero attached hydrogens (tertiary/aromatic N) is 2. The van der Waals surface area contributed by atoms with Crippen molar-refractivity contribution in [3.8, 4) is 0 Å². The summed E-state index contributed by atoms with van der Waals surface area (Å²) >= 11 is 13.2. The number of benzene rings is 2. The molecule has 30 heavy (non-hydrogen) atoms. The van der Waals surface area contributed by atoms with E-state index in [1.54, 1.807) is 18.2 Å². The maximum absolute atomic E-state index is 13.3. The van der Waals surface area contributed by atoms with Crippen LogP contribution in [0.25, 0.3) is 0 Å². The molecule has 1 saturated heterocycles. The summed E-state index contributed by atoms with van der Waals surface area (Å²) in [7, 11) is -4.23. The van der Waals surface area contributed by atoms with E-state index in [0.717, 1.165) is 22.1 Å². The Kier molecular flexibility index (Phi) is 6.90. The van der Waals surface area contributed by atoms with Gasteiger partial charge in [-0.15, -0.1) is 0 Å². The number of nitro groups is 1. The molecule has 1 aliphatic heterocycles. The molecule has 1 heterocycles. The van der Waals surface area contributed by atoms with Gasteiger partial charge in [-0.2, -0.15) is 4.31 Å². The average Bonchev–Trinajstić information content (AvgIpc) is 2.70. The third-order valence-corrected chi connectivity index (χ3v) is 8.15. The summed E-state index contributed by atoms with van der Waals surface area (Å²) in [6, 6.07) is 7.09. The second kappa shape index (κ2) is 9.08. The lowest BCUT2D eigenvalue weighted by Gasteiger charge is -2.31. The number of aliphatic carboxylic acids is 1. The van der Waals surface area contributed by atoms with Crippen LogP contribution in [0.5, 0.6) is 0 Å². The molecule has 3 rings (SSSR count). The van der Waals surface area contributed by atoms with E-state index in [9.17, 15) is 28.4 Å². The SMILES string of the molecule is O=C(O)C1CN(S(=O)(=O)c2cc([N+](=O)[O-])ccc2Sc2cc(Cl)ccc2Cl)CCN1. The fourth-order valence-electron chi connectivity index (χ4n) is 2.82. The minimum Gasteiger partial charge on any atom is -0.480 e. The van der Waals surface area contributed by atoms with Crippen molar-refractivity contribution in [1.29, 1.82) is 0 Å². The average molecular weight is 492 g/mol. The highest BCUT2D eigenvalue weighted by Crippen LogP contribution is 2.40. The maximum Gasteiger partial charge on any atom is 0.322 e. The maximum atomic E-state index is 13.3. The van der Waals surface area contributed by atoms with Crippen LogP contribution in [-0.2, 0) is 14.8 Å². The van der Waals surface area contributed by atoms with Crippen molar-refractivity contribution in [1.82, 2.24) is 9.62 Å². The molecule has 1 unspecified atom stereocenters. The van der Waals surface area contributed by atoms with Crippen LogP contribution in [0.15, 0.2) is 51.1 Å². The van der Waals surface area contributed by atoms with Crippen LogP contribution in [0.4, 0.5) is 5.69 Å². The molecule has 0 aliphatic carbocycles. The summed E-state index contributed by atoms with van der Waals surface area (Å²) in [6.07, 6.45) is 0. The second-order valence-electron chi connectivity index (χ2n) is 6.27. The largest absolute Gasteiger partial charge is 0.480 e. The normalized spacial score (nSPS) is 17.6. The quantitative estimate of drug-likeness (QED) is 0.465. The molecule has 1 atom stereocenters. The molecule has 13 heteroatoms. The van der Waals surface area contributed by atoms with Gasteiger partial charge < -0.3 is 10.4 Å². The van der Waals surface area contributed by atoms with Crippen LogP contribution < -0.4 is 5.32 Å². The zero-order valence-corrected chi connectivity index (χ0v) is 18.3. The van der Waals surface area contributed by atoms with Crippen LogP contribution in [0, 0.1) is 10.1 Å². The number of non-ortho nitro benzene ring substituents is 1. The van der Waals surface area contributed by atoms with E-state index >= 15 is 0 Å². The third-order valence-electron chi connectivity index (χ3n) is 4.31. The number of carboxylic acids is 1. The summed E-state index contributed by atoms with van der Waals surface area (Å²) in [5.74, 6) is -1.19. The third kappa shape index (κ3) is 4.88. The lowest BCUT2D eigenvalue weighted by Crippen LogP contribution is -2.55. The Morgan fingerprint density at radius 2 is 1.97 bits per heavy atom. The van der Waals surface area contributed by atoms with Crippen molar-refractivity contribution in [3.63, 3.8) is 0 Å². The number of carboxylic acid groups (broad SMARTS) is 1. The Balaban J connectivity index is 2.06. The molecule has 160 valence electrons. The fraction of sp³-hybridized carbons (Fsp3) is 0.235. The lowest BCUT2D eigenvalue weighted by molar-refractivity contribution is -0.385. The van der Waals surface area contributed by atoms with Crippen LogP contribution in [-0.4, -0.2) is 54.4 Å². The molecule has 0 aromatic heterocycles. The van der Waals surface area contributed by atoms with Gasteiger partial charge in [0.25, 0.3) is 5.69 Å². The number of nitrogens with one attached hydrogen (secondary N) is 1. The van der Waals surface area contributed by atoms with Crippen molar-refractivity contribution in [2.75, 3.05) is 19.6 Å². The highest BCUT2D eigenvalue weighted by molar-refractivity contribution is 8.00. The van der Waals surface area contributed by atoms with E-state index in [1.165, 1.54) is 12.1 Å². The molecule has 9 nitrogen and oxygen atoms in total. The second-order valence-corrected chi connectivity index (χ2v) is 10.1. The van der Waals surface area contributed by atoms with Gasteiger partial charge in [0.2, 0.25) is 10.0 Å².